The Bertz CT molecular complexity index is 1230. The first-order chi connectivity index (χ1) is 14.0. The first kappa shape index (κ1) is 17.1. The fourth-order valence-electron chi connectivity index (χ4n) is 4.52. The molecule has 0 fully saturated rings. The third-order valence-corrected chi connectivity index (χ3v) is 7.08. The van der Waals surface area contributed by atoms with Crippen LogP contribution < -0.4 is 10.4 Å². The SMILES string of the molecule is CC(C)(C)c1cc2c3c(c1)N(c1ccccc1)c1cccn1B3n1cccc1S2. The van der Waals surface area contributed by atoms with Crippen LogP contribution in [0, 0.1) is 0 Å². The molecule has 2 aliphatic rings. The number of rotatable bonds is 1. The number of benzene rings is 2. The summed E-state index contributed by atoms with van der Waals surface area (Å²) in [7, 11) is 0. The van der Waals surface area contributed by atoms with Crippen LogP contribution in [-0.2, 0) is 5.41 Å². The lowest BCUT2D eigenvalue weighted by atomic mass is 9.63. The minimum atomic E-state index is 0.0861. The third-order valence-electron chi connectivity index (χ3n) is 5.97. The molecular weight excluding hydrogens is 373 g/mol. The lowest BCUT2D eigenvalue weighted by Gasteiger charge is -2.40. The summed E-state index contributed by atoms with van der Waals surface area (Å²) >= 11 is 1.88. The summed E-state index contributed by atoms with van der Waals surface area (Å²) in [5.74, 6) is 1.21. The fourth-order valence-corrected chi connectivity index (χ4v) is 5.66. The van der Waals surface area contributed by atoms with E-state index in [-0.39, 0.29) is 12.4 Å². The van der Waals surface area contributed by atoms with Gasteiger partial charge in [-0.3, -0.25) is 4.90 Å². The van der Waals surface area contributed by atoms with Crippen molar-refractivity contribution in [3.05, 3.63) is 84.7 Å². The summed E-state index contributed by atoms with van der Waals surface area (Å²) in [6, 6.07) is 24.3. The second-order valence-corrected chi connectivity index (χ2v) is 9.89. The molecule has 142 valence electrons. The van der Waals surface area contributed by atoms with Gasteiger partial charge >= 0.3 is 6.98 Å². The molecule has 0 unspecified atom stereocenters. The van der Waals surface area contributed by atoms with Crippen LogP contribution in [-0.4, -0.2) is 15.9 Å². The molecule has 3 nitrogen and oxygen atoms in total. The average Bonchev–Trinajstić information content (AvgIpc) is 3.36. The summed E-state index contributed by atoms with van der Waals surface area (Å²) in [6.45, 7) is 7.05. The largest absolute Gasteiger partial charge is 0.424 e. The van der Waals surface area contributed by atoms with Gasteiger partial charge in [0.2, 0.25) is 0 Å². The van der Waals surface area contributed by atoms with Crippen molar-refractivity contribution in [2.75, 3.05) is 4.90 Å². The second kappa shape index (κ2) is 5.86. The molecule has 2 aromatic carbocycles. The van der Waals surface area contributed by atoms with E-state index in [1.807, 2.05) is 11.8 Å². The maximum atomic E-state index is 2.42. The number of para-hydroxylation sites is 1. The third kappa shape index (κ3) is 2.40. The monoisotopic (exact) mass is 395 g/mol. The summed E-state index contributed by atoms with van der Waals surface area (Å²) in [5, 5.41) is 1.30. The van der Waals surface area contributed by atoms with Crippen molar-refractivity contribution in [1.82, 2.24) is 8.96 Å². The molecule has 4 heterocycles. The number of aromatic nitrogens is 2. The Labute approximate surface area is 176 Å². The van der Waals surface area contributed by atoms with Gasteiger partial charge in [0.25, 0.3) is 0 Å². The molecule has 0 saturated heterocycles. The van der Waals surface area contributed by atoms with Crippen molar-refractivity contribution < 1.29 is 0 Å². The molecule has 4 aromatic rings. The zero-order valence-corrected chi connectivity index (χ0v) is 17.6. The predicted octanol–water partition coefficient (Wildman–Crippen LogP) is 5.63. The fraction of sp³-hybridized carbons (Fsp3) is 0.167. The van der Waals surface area contributed by atoms with Crippen molar-refractivity contribution in [2.45, 2.75) is 36.1 Å². The molecule has 0 N–H and O–H groups in total. The molecule has 2 aromatic heterocycles. The van der Waals surface area contributed by atoms with Crippen LogP contribution >= 0.6 is 11.8 Å². The van der Waals surface area contributed by atoms with E-state index in [1.54, 1.807) is 0 Å². The molecule has 0 saturated carbocycles. The lowest BCUT2D eigenvalue weighted by molar-refractivity contribution is 0.589. The Morgan fingerprint density at radius 2 is 1.59 bits per heavy atom. The van der Waals surface area contributed by atoms with Crippen molar-refractivity contribution in [1.29, 1.82) is 0 Å². The van der Waals surface area contributed by atoms with Gasteiger partial charge in [0.05, 0.1) is 5.03 Å². The van der Waals surface area contributed by atoms with Crippen LogP contribution in [0.1, 0.15) is 26.3 Å². The maximum absolute atomic E-state index is 2.42. The van der Waals surface area contributed by atoms with Gasteiger partial charge in [-0.2, -0.15) is 0 Å². The smallest absolute Gasteiger partial charge is 0.362 e. The van der Waals surface area contributed by atoms with Crippen molar-refractivity contribution in [3.63, 3.8) is 0 Å². The van der Waals surface area contributed by atoms with Crippen molar-refractivity contribution in [3.8, 4) is 0 Å². The van der Waals surface area contributed by atoms with Crippen molar-refractivity contribution in [2.24, 2.45) is 0 Å². The highest BCUT2D eigenvalue weighted by atomic mass is 32.2. The van der Waals surface area contributed by atoms with E-state index in [4.69, 9.17) is 0 Å². The normalized spacial score (nSPS) is 14.4. The highest BCUT2D eigenvalue weighted by Crippen LogP contribution is 2.45. The summed E-state index contributed by atoms with van der Waals surface area (Å²) in [6.07, 6.45) is 4.42. The minimum Gasteiger partial charge on any atom is -0.362 e. The van der Waals surface area contributed by atoms with Crippen LogP contribution in [0.25, 0.3) is 0 Å². The van der Waals surface area contributed by atoms with E-state index in [2.05, 4.69) is 114 Å². The van der Waals surface area contributed by atoms with Crippen LogP contribution in [0.15, 0.2) is 89.0 Å². The van der Waals surface area contributed by atoms with Crippen molar-refractivity contribution >= 4 is 41.4 Å². The number of fused-ring (bicyclic) bond motifs is 4. The van der Waals surface area contributed by atoms with Gasteiger partial charge in [-0.1, -0.05) is 50.7 Å². The first-order valence-corrected chi connectivity index (χ1v) is 10.9. The quantitative estimate of drug-likeness (QED) is 0.335. The summed E-state index contributed by atoms with van der Waals surface area (Å²) < 4.78 is 4.80. The van der Waals surface area contributed by atoms with Crippen LogP contribution in [0.3, 0.4) is 0 Å². The van der Waals surface area contributed by atoms with E-state index in [9.17, 15) is 0 Å². The Morgan fingerprint density at radius 3 is 2.38 bits per heavy atom. The molecule has 2 aliphatic heterocycles. The van der Waals surface area contributed by atoms with E-state index >= 15 is 0 Å². The first-order valence-electron chi connectivity index (χ1n) is 10.1. The standard InChI is InChI=1S/C24H22BN3S/c1-24(2,3)17-15-19-23-20(16-17)29-22-12-8-14-27(22)25(23)26-13-7-11-21(26)28(19)18-9-5-4-6-10-18/h4-16H,1-3H3. The number of anilines is 3. The summed E-state index contributed by atoms with van der Waals surface area (Å²) in [4.78, 5) is 3.78. The van der Waals surface area contributed by atoms with E-state index in [0.29, 0.717) is 0 Å². The molecule has 5 heteroatoms. The molecule has 0 spiro atoms. The summed E-state index contributed by atoms with van der Waals surface area (Å²) in [5.41, 5.74) is 5.34. The Balaban J connectivity index is 1.70. The van der Waals surface area contributed by atoms with Crippen LogP contribution in [0.4, 0.5) is 17.2 Å². The lowest BCUT2D eigenvalue weighted by Crippen LogP contribution is -2.53. The van der Waals surface area contributed by atoms with Gasteiger partial charge < -0.3 is 8.96 Å². The van der Waals surface area contributed by atoms with Gasteiger partial charge in [0.15, 0.2) is 0 Å². The Hall–Kier alpha value is -2.79. The van der Waals surface area contributed by atoms with Gasteiger partial charge in [0.1, 0.15) is 5.82 Å². The Morgan fingerprint density at radius 1 is 0.828 bits per heavy atom. The molecule has 0 atom stereocenters. The zero-order valence-electron chi connectivity index (χ0n) is 16.8. The van der Waals surface area contributed by atoms with Gasteiger partial charge in [-0.25, -0.2) is 0 Å². The topological polar surface area (TPSA) is 13.1 Å². The molecule has 0 amide bonds. The molecule has 0 bridgehead atoms. The van der Waals surface area contributed by atoms with E-state index < -0.39 is 0 Å². The minimum absolute atomic E-state index is 0.0861. The zero-order chi connectivity index (χ0) is 19.8. The molecule has 6 rings (SSSR count). The van der Waals surface area contributed by atoms with Crippen LogP contribution in [0.5, 0.6) is 0 Å². The van der Waals surface area contributed by atoms with Gasteiger partial charge in [0, 0.05) is 21.7 Å². The molecule has 29 heavy (non-hydrogen) atoms. The van der Waals surface area contributed by atoms with Gasteiger partial charge in [-0.05, 0) is 71.9 Å². The highest BCUT2D eigenvalue weighted by molar-refractivity contribution is 7.99. The second-order valence-electron chi connectivity index (χ2n) is 8.83. The maximum Gasteiger partial charge on any atom is 0.424 e. The number of hydrogen-bond donors (Lipinski definition) is 0. The molecule has 0 aliphatic carbocycles. The Kier molecular flexibility index (Phi) is 3.46. The number of hydrogen-bond acceptors (Lipinski definition) is 2. The van der Waals surface area contributed by atoms with Crippen LogP contribution in [0.2, 0.25) is 0 Å². The number of nitrogens with zero attached hydrogens (tertiary/aromatic N) is 3. The van der Waals surface area contributed by atoms with E-state index in [0.717, 1.165) is 0 Å². The predicted molar refractivity (Wildman–Crippen MR) is 123 cm³/mol. The molecular formula is C24H22BN3S. The van der Waals surface area contributed by atoms with E-state index in [1.165, 1.54) is 38.1 Å². The average molecular weight is 395 g/mol. The molecule has 0 radical (unpaired) electrons. The van der Waals surface area contributed by atoms with Gasteiger partial charge in [-0.15, -0.1) is 0 Å². The highest BCUT2D eigenvalue weighted by Gasteiger charge is 2.42.